The van der Waals surface area contributed by atoms with Gasteiger partial charge in [-0.2, -0.15) is 8.42 Å². The van der Waals surface area contributed by atoms with Crippen molar-refractivity contribution in [2.45, 2.75) is 11.8 Å². The summed E-state index contributed by atoms with van der Waals surface area (Å²) in [7, 11) is -2.71. The van der Waals surface area contributed by atoms with Crippen molar-refractivity contribution in [2.75, 3.05) is 7.11 Å². The van der Waals surface area contributed by atoms with E-state index >= 15 is 0 Å². The highest BCUT2D eigenvalue weighted by molar-refractivity contribution is 7.87. The van der Waals surface area contributed by atoms with Crippen LogP contribution in [0.15, 0.2) is 46.4 Å². The molecule has 0 saturated carbocycles. The molecular formula is C15H14ClNO5S. The highest BCUT2D eigenvalue weighted by Gasteiger charge is 2.22. The van der Waals surface area contributed by atoms with E-state index in [-0.39, 0.29) is 21.4 Å². The van der Waals surface area contributed by atoms with Gasteiger partial charge in [0.2, 0.25) is 5.75 Å². The van der Waals surface area contributed by atoms with E-state index in [9.17, 15) is 8.42 Å². The molecular weight excluding hydrogens is 342 g/mol. The van der Waals surface area contributed by atoms with Gasteiger partial charge in [0.15, 0.2) is 5.75 Å². The second-order valence-corrected chi connectivity index (χ2v) is 6.58. The van der Waals surface area contributed by atoms with E-state index in [0.29, 0.717) is 5.56 Å². The Balaban J connectivity index is 2.44. The number of hydrogen-bond donors (Lipinski definition) is 1. The van der Waals surface area contributed by atoms with Crippen LogP contribution in [0.1, 0.15) is 11.1 Å². The fourth-order valence-corrected chi connectivity index (χ4v) is 3.09. The van der Waals surface area contributed by atoms with Crippen LogP contribution >= 0.6 is 11.6 Å². The van der Waals surface area contributed by atoms with E-state index in [4.69, 9.17) is 25.7 Å². The summed E-state index contributed by atoms with van der Waals surface area (Å²) in [6, 6.07) is 9.04. The van der Waals surface area contributed by atoms with E-state index in [1.165, 1.54) is 31.4 Å². The average molecular weight is 356 g/mol. The fraction of sp³-hybridized carbons (Fsp3) is 0.133. The smallest absolute Gasteiger partial charge is 0.339 e. The molecule has 2 aromatic carbocycles. The number of ether oxygens (including phenoxy) is 1. The topological polar surface area (TPSA) is 85.2 Å². The van der Waals surface area contributed by atoms with Crippen LogP contribution in [0, 0.1) is 6.92 Å². The van der Waals surface area contributed by atoms with Crippen LogP contribution in [-0.4, -0.2) is 26.9 Å². The number of halogens is 1. The molecule has 8 heteroatoms. The molecule has 2 rings (SSSR count). The molecule has 122 valence electrons. The van der Waals surface area contributed by atoms with E-state index in [1.807, 2.05) is 6.92 Å². The standard InChI is InChI=1S/C15H14ClNO5S/c1-10-3-5-12(6-4-10)23(19,20)22-15-13(16)7-11(9-17-18)8-14(15)21-2/h3-9,18H,1-2H3. The summed E-state index contributed by atoms with van der Waals surface area (Å²) in [6.07, 6.45) is 1.13. The molecule has 6 nitrogen and oxygen atoms in total. The molecule has 0 unspecified atom stereocenters. The maximum atomic E-state index is 12.3. The third kappa shape index (κ3) is 3.94. The van der Waals surface area contributed by atoms with Crippen molar-refractivity contribution in [1.82, 2.24) is 0 Å². The lowest BCUT2D eigenvalue weighted by molar-refractivity contribution is 0.322. The van der Waals surface area contributed by atoms with Gasteiger partial charge in [-0.1, -0.05) is 34.5 Å². The molecule has 0 amide bonds. The number of benzene rings is 2. The zero-order valence-corrected chi connectivity index (χ0v) is 13.9. The molecule has 0 heterocycles. The number of nitrogens with zero attached hydrogens (tertiary/aromatic N) is 1. The van der Waals surface area contributed by atoms with Crippen LogP contribution in [0.5, 0.6) is 11.5 Å². The molecule has 0 aromatic heterocycles. The maximum absolute atomic E-state index is 12.3. The Kier molecular flexibility index (Phi) is 5.12. The Hall–Kier alpha value is -2.25. The lowest BCUT2D eigenvalue weighted by Gasteiger charge is -2.13. The molecule has 0 aliphatic rings. The normalized spacial score (nSPS) is 11.6. The molecule has 0 fully saturated rings. The predicted octanol–water partition coefficient (Wildman–Crippen LogP) is 3.23. The minimum Gasteiger partial charge on any atom is -0.493 e. The molecule has 0 atom stereocenters. The average Bonchev–Trinajstić information content (AvgIpc) is 2.50. The lowest BCUT2D eigenvalue weighted by Crippen LogP contribution is -2.11. The van der Waals surface area contributed by atoms with Gasteiger partial charge in [0.1, 0.15) is 4.90 Å². The SMILES string of the molecule is COc1cc(C=NO)cc(Cl)c1OS(=O)(=O)c1ccc(C)cc1. The maximum Gasteiger partial charge on any atom is 0.339 e. The predicted molar refractivity (Wildman–Crippen MR) is 86.4 cm³/mol. The number of rotatable bonds is 5. The third-order valence-electron chi connectivity index (χ3n) is 2.96. The number of methoxy groups -OCH3 is 1. The summed E-state index contributed by atoms with van der Waals surface area (Å²) in [5.74, 6) is -0.0343. The molecule has 23 heavy (non-hydrogen) atoms. The highest BCUT2D eigenvalue weighted by atomic mass is 35.5. The summed E-state index contributed by atoms with van der Waals surface area (Å²) in [6.45, 7) is 1.85. The minimum absolute atomic E-state index is 0.00205. The summed E-state index contributed by atoms with van der Waals surface area (Å²) < 4.78 is 34.9. The van der Waals surface area contributed by atoms with Crippen molar-refractivity contribution in [3.63, 3.8) is 0 Å². The van der Waals surface area contributed by atoms with Crippen LogP contribution in [0.2, 0.25) is 5.02 Å². The Morgan fingerprint density at radius 2 is 1.87 bits per heavy atom. The van der Waals surface area contributed by atoms with Crippen molar-refractivity contribution >= 4 is 27.9 Å². The monoisotopic (exact) mass is 355 g/mol. The lowest BCUT2D eigenvalue weighted by atomic mass is 10.2. The van der Waals surface area contributed by atoms with Gasteiger partial charge in [0.25, 0.3) is 0 Å². The Morgan fingerprint density at radius 1 is 1.22 bits per heavy atom. The first-order valence-electron chi connectivity index (χ1n) is 6.43. The van der Waals surface area contributed by atoms with Crippen LogP contribution in [0.25, 0.3) is 0 Å². The molecule has 0 spiro atoms. The quantitative estimate of drug-likeness (QED) is 0.385. The first-order valence-corrected chi connectivity index (χ1v) is 8.22. The van der Waals surface area contributed by atoms with Gasteiger partial charge in [-0.05, 0) is 31.2 Å². The van der Waals surface area contributed by atoms with Gasteiger partial charge in [-0.25, -0.2) is 0 Å². The molecule has 0 aliphatic heterocycles. The molecule has 0 saturated heterocycles. The number of aryl methyl sites for hydroxylation is 1. The Bertz CT molecular complexity index is 832. The van der Waals surface area contributed by atoms with Crippen molar-refractivity contribution in [3.05, 3.63) is 52.5 Å². The largest absolute Gasteiger partial charge is 0.493 e. The first-order chi connectivity index (χ1) is 10.9. The fourth-order valence-electron chi connectivity index (χ4n) is 1.82. The van der Waals surface area contributed by atoms with E-state index in [0.717, 1.165) is 11.8 Å². The molecule has 0 radical (unpaired) electrons. The summed E-state index contributed by atoms with van der Waals surface area (Å²) in [4.78, 5) is 0.00205. The zero-order chi connectivity index (χ0) is 17.0. The second-order valence-electron chi connectivity index (χ2n) is 4.63. The summed E-state index contributed by atoms with van der Waals surface area (Å²) in [5.41, 5.74) is 1.35. The van der Waals surface area contributed by atoms with Gasteiger partial charge in [0.05, 0.1) is 18.3 Å². The third-order valence-corrected chi connectivity index (χ3v) is 4.48. The van der Waals surface area contributed by atoms with Crippen LogP contribution < -0.4 is 8.92 Å². The van der Waals surface area contributed by atoms with E-state index < -0.39 is 10.1 Å². The van der Waals surface area contributed by atoms with Crippen LogP contribution in [-0.2, 0) is 10.1 Å². The van der Waals surface area contributed by atoms with Crippen molar-refractivity contribution < 1.29 is 22.5 Å². The molecule has 0 bridgehead atoms. The number of hydrogen-bond acceptors (Lipinski definition) is 6. The van der Waals surface area contributed by atoms with Gasteiger partial charge in [-0.3, -0.25) is 0 Å². The Labute approximate surface area is 139 Å². The van der Waals surface area contributed by atoms with Crippen LogP contribution in [0.3, 0.4) is 0 Å². The Morgan fingerprint density at radius 3 is 2.43 bits per heavy atom. The zero-order valence-electron chi connectivity index (χ0n) is 12.4. The minimum atomic E-state index is -4.06. The van der Waals surface area contributed by atoms with E-state index in [2.05, 4.69) is 5.16 Å². The highest BCUT2D eigenvalue weighted by Crippen LogP contribution is 2.37. The number of oxime groups is 1. The second kappa shape index (κ2) is 6.89. The van der Waals surface area contributed by atoms with Gasteiger partial charge < -0.3 is 14.1 Å². The van der Waals surface area contributed by atoms with Crippen LogP contribution in [0.4, 0.5) is 0 Å². The van der Waals surface area contributed by atoms with Gasteiger partial charge in [-0.15, -0.1) is 0 Å². The van der Waals surface area contributed by atoms with Crippen molar-refractivity contribution in [2.24, 2.45) is 5.16 Å². The molecule has 2 aromatic rings. The van der Waals surface area contributed by atoms with Crippen molar-refractivity contribution in [3.8, 4) is 11.5 Å². The van der Waals surface area contributed by atoms with Gasteiger partial charge in [0, 0.05) is 5.56 Å². The van der Waals surface area contributed by atoms with Gasteiger partial charge >= 0.3 is 10.1 Å². The summed E-state index contributed by atoms with van der Waals surface area (Å²) >= 11 is 6.06. The van der Waals surface area contributed by atoms with Crippen molar-refractivity contribution in [1.29, 1.82) is 0 Å². The molecule has 0 aliphatic carbocycles. The van der Waals surface area contributed by atoms with E-state index in [1.54, 1.807) is 12.1 Å². The molecule has 1 N–H and O–H groups in total. The summed E-state index contributed by atoms with van der Waals surface area (Å²) in [5, 5.41) is 11.5. The first kappa shape index (κ1) is 17.1.